The summed E-state index contributed by atoms with van der Waals surface area (Å²) in [6.07, 6.45) is -0.844. The van der Waals surface area contributed by atoms with Gasteiger partial charge >= 0.3 is 5.97 Å². The Morgan fingerprint density at radius 2 is 1.85 bits per heavy atom. The van der Waals surface area contributed by atoms with Crippen LogP contribution >= 0.6 is 0 Å². The topological polar surface area (TPSA) is 125 Å². The smallest absolute Gasteiger partial charge is 0.331 e. The Morgan fingerprint density at radius 1 is 1.18 bits per heavy atom. The van der Waals surface area contributed by atoms with Gasteiger partial charge in [-0.05, 0) is 25.3 Å². The van der Waals surface area contributed by atoms with Gasteiger partial charge < -0.3 is 25.4 Å². The average molecular weight is 484 g/mol. The highest BCUT2D eigenvalue weighted by Gasteiger charge is 2.35. The van der Waals surface area contributed by atoms with Crippen molar-refractivity contribution < 1.29 is 37.8 Å². The summed E-state index contributed by atoms with van der Waals surface area (Å²) in [6, 6.07) is 0.821. The standard InChI is InChI=1S/C23H31F2N3O6/c1-12(2)20(22(32)27-21(13(3)29)23(33)34-4)26-17(30)10-15-8-9-18(31)28(15)11-14-6-5-7-16(24)19(14)25/h5-7,12-13,15,20-21,29H,8-11H2,1-4H3,(H,26,30)(H,27,32)/t13-,15+,20+,21+/m1/s1. The van der Waals surface area contributed by atoms with Gasteiger partial charge in [-0.3, -0.25) is 14.4 Å². The Balaban J connectivity index is 2.07. The summed E-state index contributed by atoms with van der Waals surface area (Å²) in [7, 11) is 1.12. The summed E-state index contributed by atoms with van der Waals surface area (Å²) in [5.41, 5.74) is 0.00654. The second-order valence-corrected chi connectivity index (χ2v) is 8.67. The molecular formula is C23H31F2N3O6. The Morgan fingerprint density at radius 3 is 2.44 bits per heavy atom. The first kappa shape index (κ1) is 27.2. The van der Waals surface area contributed by atoms with Crippen molar-refractivity contribution in [2.45, 2.75) is 70.8 Å². The molecule has 2 rings (SSSR count). The molecular weight excluding hydrogens is 452 g/mol. The monoisotopic (exact) mass is 483 g/mol. The van der Waals surface area contributed by atoms with E-state index in [0.29, 0.717) is 6.42 Å². The molecule has 0 spiro atoms. The maximum atomic E-state index is 14.1. The molecule has 1 fully saturated rings. The van der Waals surface area contributed by atoms with Crippen molar-refractivity contribution in [3.8, 4) is 0 Å². The van der Waals surface area contributed by atoms with Gasteiger partial charge in [0.15, 0.2) is 17.7 Å². The maximum Gasteiger partial charge on any atom is 0.331 e. The van der Waals surface area contributed by atoms with Crippen LogP contribution in [0.2, 0.25) is 0 Å². The number of rotatable bonds is 10. The van der Waals surface area contributed by atoms with E-state index in [2.05, 4.69) is 15.4 Å². The zero-order valence-corrected chi connectivity index (χ0v) is 19.6. The summed E-state index contributed by atoms with van der Waals surface area (Å²) in [4.78, 5) is 51.0. The summed E-state index contributed by atoms with van der Waals surface area (Å²) in [5.74, 6) is -4.74. The molecule has 0 bridgehead atoms. The number of carbonyl (C=O) groups excluding carboxylic acids is 4. The molecule has 3 N–H and O–H groups in total. The van der Waals surface area contributed by atoms with Gasteiger partial charge in [0.25, 0.3) is 0 Å². The Hall–Kier alpha value is -3.08. The minimum atomic E-state index is -1.31. The molecule has 4 atom stereocenters. The fraction of sp³-hybridized carbons (Fsp3) is 0.565. The van der Waals surface area contributed by atoms with Crippen molar-refractivity contribution >= 4 is 23.7 Å². The van der Waals surface area contributed by atoms with E-state index in [9.17, 15) is 33.1 Å². The van der Waals surface area contributed by atoms with Crippen LogP contribution in [0.1, 0.15) is 45.6 Å². The summed E-state index contributed by atoms with van der Waals surface area (Å²) >= 11 is 0. The number of methoxy groups -OCH3 is 1. The number of hydrogen-bond donors (Lipinski definition) is 3. The zero-order valence-electron chi connectivity index (χ0n) is 19.6. The minimum Gasteiger partial charge on any atom is -0.467 e. The molecule has 1 aliphatic heterocycles. The van der Waals surface area contributed by atoms with Crippen LogP contribution in [-0.4, -0.2) is 65.0 Å². The van der Waals surface area contributed by atoms with E-state index in [0.717, 1.165) is 13.2 Å². The highest BCUT2D eigenvalue weighted by Crippen LogP contribution is 2.25. The SMILES string of the molecule is COC(=O)[C@@H](NC(=O)[C@@H](NC(=O)C[C@@H]1CCC(=O)N1Cc1cccc(F)c1F)C(C)C)[C@@H](C)O. The van der Waals surface area contributed by atoms with Crippen LogP contribution in [0.4, 0.5) is 8.78 Å². The van der Waals surface area contributed by atoms with Gasteiger partial charge in [-0.15, -0.1) is 0 Å². The van der Waals surface area contributed by atoms with Gasteiger partial charge in [0.2, 0.25) is 17.7 Å². The fourth-order valence-corrected chi connectivity index (χ4v) is 3.80. The summed E-state index contributed by atoms with van der Waals surface area (Å²) in [6.45, 7) is 4.53. The van der Waals surface area contributed by atoms with E-state index in [1.165, 1.54) is 24.0 Å². The lowest BCUT2D eigenvalue weighted by Crippen LogP contribution is -2.56. The molecule has 1 saturated heterocycles. The van der Waals surface area contributed by atoms with Crippen molar-refractivity contribution in [3.05, 3.63) is 35.4 Å². The predicted octanol–water partition coefficient (Wildman–Crippen LogP) is 1.03. The van der Waals surface area contributed by atoms with Gasteiger partial charge in [0.1, 0.15) is 6.04 Å². The molecule has 0 saturated carbocycles. The van der Waals surface area contributed by atoms with Crippen molar-refractivity contribution in [2.75, 3.05) is 7.11 Å². The number of ether oxygens (including phenoxy) is 1. The Bertz CT molecular complexity index is 924. The normalized spacial score (nSPS) is 18.4. The second kappa shape index (κ2) is 11.9. The maximum absolute atomic E-state index is 14.1. The minimum absolute atomic E-state index is 0.00654. The quantitative estimate of drug-likeness (QED) is 0.427. The lowest BCUT2D eigenvalue weighted by molar-refractivity contribution is -0.148. The third-order valence-corrected chi connectivity index (χ3v) is 5.75. The van der Waals surface area contributed by atoms with E-state index in [-0.39, 0.29) is 36.8 Å². The first-order valence-corrected chi connectivity index (χ1v) is 11.0. The van der Waals surface area contributed by atoms with E-state index in [4.69, 9.17) is 0 Å². The first-order valence-electron chi connectivity index (χ1n) is 11.0. The van der Waals surface area contributed by atoms with E-state index in [1.54, 1.807) is 13.8 Å². The molecule has 1 aromatic rings. The molecule has 0 aromatic heterocycles. The molecule has 34 heavy (non-hydrogen) atoms. The Kier molecular flexibility index (Phi) is 9.48. The van der Waals surface area contributed by atoms with Crippen LogP contribution in [-0.2, 0) is 30.5 Å². The van der Waals surface area contributed by atoms with E-state index in [1.807, 2.05) is 0 Å². The van der Waals surface area contributed by atoms with Gasteiger partial charge in [-0.25, -0.2) is 13.6 Å². The zero-order chi connectivity index (χ0) is 25.6. The van der Waals surface area contributed by atoms with Gasteiger partial charge in [-0.2, -0.15) is 0 Å². The van der Waals surface area contributed by atoms with Crippen LogP contribution in [0, 0.1) is 17.6 Å². The van der Waals surface area contributed by atoms with Gasteiger partial charge in [-0.1, -0.05) is 26.0 Å². The number of likely N-dealkylation sites (tertiary alicyclic amines) is 1. The number of benzene rings is 1. The van der Waals surface area contributed by atoms with Gasteiger partial charge in [0.05, 0.1) is 13.2 Å². The van der Waals surface area contributed by atoms with E-state index >= 15 is 0 Å². The third-order valence-electron chi connectivity index (χ3n) is 5.75. The molecule has 1 aromatic carbocycles. The number of carbonyl (C=O) groups is 4. The van der Waals surface area contributed by atoms with Crippen LogP contribution in [0.5, 0.6) is 0 Å². The highest BCUT2D eigenvalue weighted by atomic mass is 19.2. The Labute approximate surface area is 196 Å². The van der Waals surface area contributed by atoms with Crippen molar-refractivity contribution in [1.82, 2.24) is 15.5 Å². The lowest BCUT2D eigenvalue weighted by atomic mass is 10.0. The molecule has 1 aliphatic rings. The predicted molar refractivity (Wildman–Crippen MR) is 117 cm³/mol. The van der Waals surface area contributed by atoms with E-state index < -0.39 is 53.6 Å². The second-order valence-electron chi connectivity index (χ2n) is 8.67. The molecule has 0 unspecified atom stereocenters. The van der Waals surface area contributed by atoms with Crippen molar-refractivity contribution in [3.63, 3.8) is 0 Å². The third kappa shape index (κ3) is 6.72. The largest absolute Gasteiger partial charge is 0.467 e. The summed E-state index contributed by atoms with van der Waals surface area (Å²) in [5, 5.41) is 14.8. The molecule has 188 valence electrons. The van der Waals surface area contributed by atoms with Gasteiger partial charge in [0, 0.05) is 31.0 Å². The first-order chi connectivity index (χ1) is 16.0. The highest BCUT2D eigenvalue weighted by molar-refractivity contribution is 5.91. The number of nitrogens with one attached hydrogen (secondary N) is 2. The van der Waals surface area contributed by atoms with Crippen LogP contribution in [0.25, 0.3) is 0 Å². The molecule has 0 aliphatic carbocycles. The number of halogens is 2. The van der Waals surface area contributed by atoms with Crippen LogP contribution < -0.4 is 10.6 Å². The number of hydrogen-bond acceptors (Lipinski definition) is 6. The summed E-state index contributed by atoms with van der Waals surface area (Å²) < 4.78 is 32.2. The molecule has 0 radical (unpaired) electrons. The molecule has 11 heteroatoms. The number of aliphatic hydroxyl groups is 1. The fourth-order valence-electron chi connectivity index (χ4n) is 3.80. The average Bonchev–Trinajstić information content (AvgIpc) is 3.11. The van der Waals surface area contributed by atoms with Crippen molar-refractivity contribution in [1.29, 1.82) is 0 Å². The molecule has 3 amide bonds. The number of esters is 1. The number of nitrogens with zero attached hydrogens (tertiary/aromatic N) is 1. The molecule has 9 nitrogen and oxygen atoms in total. The number of amides is 3. The van der Waals surface area contributed by atoms with Crippen molar-refractivity contribution in [2.24, 2.45) is 5.92 Å². The van der Waals surface area contributed by atoms with Crippen LogP contribution in [0.3, 0.4) is 0 Å². The lowest BCUT2D eigenvalue weighted by Gasteiger charge is -2.28. The number of aliphatic hydroxyl groups excluding tert-OH is 1. The molecule has 1 heterocycles. The van der Waals surface area contributed by atoms with Crippen LogP contribution in [0.15, 0.2) is 18.2 Å².